The highest BCUT2D eigenvalue weighted by Crippen LogP contribution is 2.17. The Kier molecular flexibility index (Phi) is 5.38. The third-order valence-corrected chi connectivity index (χ3v) is 3.65. The average molecular weight is 301 g/mol. The first kappa shape index (κ1) is 13.6. The Morgan fingerprint density at radius 3 is 2.69 bits per heavy atom. The zero-order valence-electron chi connectivity index (χ0n) is 9.61. The molecule has 1 aromatic rings. The molecule has 0 aliphatic heterocycles. The summed E-state index contributed by atoms with van der Waals surface area (Å²) in [4.78, 5) is 2.81. The third-order valence-electron chi connectivity index (χ3n) is 2.47. The van der Waals surface area contributed by atoms with Crippen molar-refractivity contribution in [1.29, 1.82) is 0 Å². The van der Waals surface area contributed by atoms with E-state index in [4.69, 9.17) is 18.0 Å². The number of halogens is 1. The fourth-order valence-corrected chi connectivity index (χ4v) is 2.02. The van der Waals surface area contributed by atoms with Crippen LogP contribution in [0.3, 0.4) is 0 Å². The van der Waals surface area contributed by atoms with Gasteiger partial charge in [0.25, 0.3) is 0 Å². The van der Waals surface area contributed by atoms with E-state index in [9.17, 15) is 0 Å². The first-order valence-electron chi connectivity index (χ1n) is 5.22. The summed E-state index contributed by atoms with van der Waals surface area (Å²) in [7, 11) is 2.08. The highest BCUT2D eigenvalue weighted by atomic mass is 79.9. The minimum atomic E-state index is 0.252. The summed E-state index contributed by atoms with van der Waals surface area (Å²) in [6.07, 6.45) is 0. The minimum Gasteiger partial charge on any atom is -0.393 e. The van der Waals surface area contributed by atoms with Crippen LogP contribution < -0.4 is 5.73 Å². The van der Waals surface area contributed by atoms with Crippen LogP contribution >= 0.6 is 28.1 Å². The summed E-state index contributed by atoms with van der Waals surface area (Å²) in [5.74, 6) is 0.252. The van der Waals surface area contributed by atoms with Gasteiger partial charge in [-0.25, -0.2) is 0 Å². The number of nitrogens with two attached hydrogens (primary N) is 1. The summed E-state index contributed by atoms with van der Waals surface area (Å²) in [6.45, 7) is 3.84. The maximum Gasteiger partial charge on any atom is 0.0768 e. The van der Waals surface area contributed by atoms with Crippen LogP contribution in [-0.2, 0) is 6.54 Å². The Morgan fingerprint density at radius 2 is 2.12 bits per heavy atom. The van der Waals surface area contributed by atoms with Gasteiger partial charge in [-0.2, -0.15) is 0 Å². The molecule has 88 valence electrons. The number of hydrogen-bond acceptors (Lipinski definition) is 2. The van der Waals surface area contributed by atoms with Crippen LogP contribution in [0.5, 0.6) is 0 Å². The van der Waals surface area contributed by atoms with Crippen molar-refractivity contribution in [3.63, 3.8) is 0 Å². The number of thiocarbonyl (C=S) groups is 1. The lowest BCUT2D eigenvalue weighted by Gasteiger charge is -2.21. The number of rotatable bonds is 5. The first-order valence-corrected chi connectivity index (χ1v) is 6.42. The van der Waals surface area contributed by atoms with Gasteiger partial charge in [0.2, 0.25) is 0 Å². The highest BCUT2D eigenvalue weighted by Gasteiger charge is 2.10. The van der Waals surface area contributed by atoms with Gasteiger partial charge in [0, 0.05) is 23.5 Å². The maximum absolute atomic E-state index is 5.60. The largest absolute Gasteiger partial charge is 0.393 e. The zero-order valence-corrected chi connectivity index (χ0v) is 12.0. The molecule has 1 unspecified atom stereocenters. The molecule has 0 amide bonds. The van der Waals surface area contributed by atoms with Crippen molar-refractivity contribution in [2.75, 3.05) is 13.6 Å². The lowest BCUT2D eigenvalue weighted by atomic mass is 10.1. The van der Waals surface area contributed by atoms with Crippen LogP contribution in [0.15, 0.2) is 28.7 Å². The topological polar surface area (TPSA) is 29.3 Å². The smallest absolute Gasteiger partial charge is 0.0768 e. The third kappa shape index (κ3) is 4.20. The van der Waals surface area contributed by atoms with Gasteiger partial charge in [-0.15, -0.1) is 0 Å². The van der Waals surface area contributed by atoms with Crippen LogP contribution in [0.25, 0.3) is 0 Å². The molecule has 0 aliphatic carbocycles. The van der Waals surface area contributed by atoms with Gasteiger partial charge in [-0.3, -0.25) is 0 Å². The summed E-state index contributed by atoms with van der Waals surface area (Å²) in [5.41, 5.74) is 6.88. The number of nitrogens with zero attached hydrogens (tertiary/aromatic N) is 1. The second-order valence-corrected chi connectivity index (χ2v) is 5.42. The molecule has 0 saturated carbocycles. The lowest BCUT2D eigenvalue weighted by Crippen LogP contribution is -2.31. The van der Waals surface area contributed by atoms with E-state index in [1.807, 2.05) is 12.1 Å². The predicted molar refractivity (Wildman–Crippen MR) is 76.4 cm³/mol. The molecule has 2 nitrogen and oxygen atoms in total. The second kappa shape index (κ2) is 6.33. The molecule has 1 rings (SSSR count). The fourth-order valence-electron chi connectivity index (χ4n) is 1.54. The Hall–Kier alpha value is -0.450. The first-order chi connectivity index (χ1) is 7.50. The molecule has 0 fully saturated rings. The summed E-state index contributed by atoms with van der Waals surface area (Å²) in [6, 6.07) is 8.24. The molecule has 4 heteroatoms. The standard InChI is InChI=1S/C12H17BrN2S/c1-9(12(14)16)7-15(2)8-10-5-3-4-6-11(10)13/h3-6,9H,7-8H2,1-2H3,(H2,14,16). The van der Waals surface area contributed by atoms with E-state index >= 15 is 0 Å². The van der Waals surface area contributed by atoms with Crippen molar-refractivity contribution >= 4 is 33.1 Å². The SMILES string of the molecule is CC(CN(C)Cc1ccccc1Br)C(N)=S. The molecular weight excluding hydrogens is 284 g/mol. The van der Waals surface area contributed by atoms with Crippen LogP contribution in [0, 0.1) is 5.92 Å². The van der Waals surface area contributed by atoms with Gasteiger partial charge in [-0.1, -0.05) is 53.3 Å². The van der Waals surface area contributed by atoms with Gasteiger partial charge < -0.3 is 10.6 Å². The van der Waals surface area contributed by atoms with Crippen molar-refractivity contribution < 1.29 is 0 Å². The molecule has 2 N–H and O–H groups in total. The zero-order chi connectivity index (χ0) is 12.1. The Balaban J connectivity index is 2.55. The lowest BCUT2D eigenvalue weighted by molar-refractivity contribution is 0.307. The quantitative estimate of drug-likeness (QED) is 0.848. The van der Waals surface area contributed by atoms with Crippen molar-refractivity contribution in [2.24, 2.45) is 11.7 Å². The molecule has 0 radical (unpaired) electrons. The molecule has 0 heterocycles. The van der Waals surface area contributed by atoms with Crippen LogP contribution in [0.1, 0.15) is 12.5 Å². The number of benzene rings is 1. The van der Waals surface area contributed by atoms with E-state index in [1.54, 1.807) is 0 Å². The number of hydrogen-bond donors (Lipinski definition) is 1. The van der Waals surface area contributed by atoms with E-state index in [2.05, 4.69) is 46.9 Å². The summed E-state index contributed by atoms with van der Waals surface area (Å²) in [5, 5.41) is 0. The van der Waals surface area contributed by atoms with Crippen molar-refractivity contribution in [3.8, 4) is 0 Å². The monoisotopic (exact) mass is 300 g/mol. The van der Waals surface area contributed by atoms with Gasteiger partial charge in [-0.05, 0) is 18.7 Å². The molecular formula is C12H17BrN2S. The molecule has 0 aromatic heterocycles. The normalized spacial score (nSPS) is 12.8. The van der Waals surface area contributed by atoms with Gasteiger partial charge >= 0.3 is 0 Å². The second-order valence-electron chi connectivity index (χ2n) is 4.09. The minimum absolute atomic E-state index is 0.252. The molecule has 0 aliphatic rings. The van der Waals surface area contributed by atoms with E-state index in [1.165, 1.54) is 5.56 Å². The molecule has 0 bridgehead atoms. The van der Waals surface area contributed by atoms with Gasteiger partial charge in [0.05, 0.1) is 4.99 Å². The average Bonchev–Trinajstić information content (AvgIpc) is 2.21. The fraction of sp³-hybridized carbons (Fsp3) is 0.417. The summed E-state index contributed by atoms with van der Waals surface area (Å²) >= 11 is 8.51. The molecule has 0 spiro atoms. The van der Waals surface area contributed by atoms with Crippen LogP contribution in [0.2, 0.25) is 0 Å². The predicted octanol–water partition coefficient (Wildman–Crippen LogP) is 2.80. The van der Waals surface area contributed by atoms with E-state index in [0.29, 0.717) is 4.99 Å². The van der Waals surface area contributed by atoms with Crippen molar-refractivity contribution in [1.82, 2.24) is 4.90 Å². The van der Waals surface area contributed by atoms with Crippen molar-refractivity contribution in [2.45, 2.75) is 13.5 Å². The van der Waals surface area contributed by atoms with Gasteiger partial charge in [0.15, 0.2) is 0 Å². The van der Waals surface area contributed by atoms with Crippen molar-refractivity contribution in [3.05, 3.63) is 34.3 Å². The van der Waals surface area contributed by atoms with E-state index < -0.39 is 0 Å². The van der Waals surface area contributed by atoms with E-state index in [-0.39, 0.29) is 5.92 Å². The van der Waals surface area contributed by atoms with Crippen LogP contribution in [-0.4, -0.2) is 23.5 Å². The molecule has 16 heavy (non-hydrogen) atoms. The highest BCUT2D eigenvalue weighted by molar-refractivity contribution is 9.10. The Bertz CT molecular complexity index is 368. The van der Waals surface area contributed by atoms with E-state index in [0.717, 1.165) is 17.6 Å². The summed E-state index contributed by atoms with van der Waals surface area (Å²) < 4.78 is 1.14. The van der Waals surface area contributed by atoms with Gasteiger partial charge in [0.1, 0.15) is 0 Å². The Morgan fingerprint density at radius 1 is 1.50 bits per heavy atom. The Labute approximate surface area is 111 Å². The van der Waals surface area contributed by atoms with Crippen LogP contribution in [0.4, 0.5) is 0 Å². The molecule has 0 saturated heterocycles. The maximum atomic E-state index is 5.60. The molecule has 1 atom stereocenters. The molecule has 1 aromatic carbocycles.